The number of fused-ring (bicyclic) bond motifs is 1. The van der Waals surface area contributed by atoms with Crippen LogP contribution in [0.25, 0.3) is 16.1 Å². The van der Waals surface area contributed by atoms with Crippen LogP contribution < -0.4 is 16.0 Å². The number of nitrogens with two attached hydrogens (primary N) is 1. The van der Waals surface area contributed by atoms with Gasteiger partial charge in [-0.25, -0.2) is 9.97 Å². The van der Waals surface area contributed by atoms with Crippen LogP contribution in [0, 0.1) is 0 Å². The molecular weight excluding hydrogens is 382 g/mol. The third-order valence-corrected chi connectivity index (χ3v) is 6.47. The van der Waals surface area contributed by atoms with Crippen molar-refractivity contribution in [2.45, 2.75) is 25.3 Å². The van der Waals surface area contributed by atoms with E-state index < -0.39 is 0 Å². The van der Waals surface area contributed by atoms with Crippen LogP contribution in [0.15, 0.2) is 36.5 Å². The van der Waals surface area contributed by atoms with Crippen LogP contribution in [0.1, 0.15) is 29.8 Å². The van der Waals surface area contributed by atoms with Gasteiger partial charge in [0.25, 0.3) is 0 Å². The zero-order valence-electron chi connectivity index (χ0n) is 16.3. The molecule has 8 heteroatoms. The van der Waals surface area contributed by atoms with Crippen molar-refractivity contribution < 1.29 is 0 Å². The number of piperidine rings is 1. The maximum atomic E-state index is 6.16. The summed E-state index contributed by atoms with van der Waals surface area (Å²) in [5.41, 5.74) is 10.8. The van der Waals surface area contributed by atoms with E-state index in [4.69, 9.17) is 10.7 Å². The lowest BCUT2D eigenvalue weighted by atomic mass is 10.0. The fraction of sp³-hybridized carbons (Fsp3) is 0.333. The minimum absolute atomic E-state index is 0.213. The number of anilines is 2. The lowest BCUT2D eigenvalue weighted by Crippen LogP contribution is -2.43. The Balaban J connectivity index is 1.47. The molecule has 2 aliphatic rings. The predicted octanol–water partition coefficient (Wildman–Crippen LogP) is 2.95. The Labute approximate surface area is 173 Å². The molecule has 5 rings (SSSR count). The zero-order chi connectivity index (χ0) is 19.8. The third kappa shape index (κ3) is 3.49. The fourth-order valence-corrected chi connectivity index (χ4v) is 4.68. The summed E-state index contributed by atoms with van der Waals surface area (Å²) in [5.74, 6) is 1.73. The molecule has 3 heterocycles. The number of rotatable bonds is 4. The van der Waals surface area contributed by atoms with Crippen LogP contribution >= 0.6 is 11.3 Å². The third-order valence-electron chi connectivity index (χ3n) is 5.48. The van der Waals surface area contributed by atoms with Gasteiger partial charge in [-0.05, 0) is 42.5 Å². The number of nitrogens with one attached hydrogen (secondary N) is 1. The summed E-state index contributed by atoms with van der Waals surface area (Å²) in [6, 6.07) is 8.66. The Morgan fingerprint density at radius 1 is 1.24 bits per heavy atom. The summed E-state index contributed by atoms with van der Waals surface area (Å²) in [5, 5.41) is 13.2. The lowest BCUT2D eigenvalue weighted by Gasteiger charge is -2.31. The van der Waals surface area contributed by atoms with E-state index in [0.717, 1.165) is 65.3 Å². The van der Waals surface area contributed by atoms with Crippen LogP contribution in [0.5, 0.6) is 0 Å². The summed E-state index contributed by atoms with van der Waals surface area (Å²) in [7, 11) is 1.85. The molecule has 3 N–H and O–H groups in total. The van der Waals surface area contributed by atoms with E-state index >= 15 is 0 Å². The van der Waals surface area contributed by atoms with Crippen molar-refractivity contribution in [2.75, 3.05) is 30.4 Å². The maximum Gasteiger partial charge on any atom is 0.205 e. The fourth-order valence-electron chi connectivity index (χ4n) is 3.99. The first kappa shape index (κ1) is 18.2. The highest BCUT2D eigenvalue weighted by Gasteiger charge is 2.22. The first-order chi connectivity index (χ1) is 14.2. The highest BCUT2D eigenvalue weighted by molar-refractivity contribution is 7.18. The van der Waals surface area contributed by atoms with E-state index in [0.29, 0.717) is 0 Å². The van der Waals surface area contributed by atoms with Gasteiger partial charge in [-0.2, -0.15) is 0 Å². The molecule has 29 heavy (non-hydrogen) atoms. The molecule has 1 atom stereocenters. The van der Waals surface area contributed by atoms with Crippen molar-refractivity contribution in [3.8, 4) is 10.6 Å². The summed E-state index contributed by atoms with van der Waals surface area (Å²) in [6.07, 6.45) is 7.15. The van der Waals surface area contributed by atoms with Gasteiger partial charge >= 0.3 is 0 Å². The van der Waals surface area contributed by atoms with E-state index in [9.17, 15) is 0 Å². The van der Waals surface area contributed by atoms with E-state index in [2.05, 4.69) is 49.7 Å². The second-order valence-electron chi connectivity index (χ2n) is 7.44. The van der Waals surface area contributed by atoms with Crippen LogP contribution in [-0.2, 0) is 6.42 Å². The molecule has 0 unspecified atom stereocenters. The zero-order valence-corrected chi connectivity index (χ0v) is 17.1. The van der Waals surface area contributed by atoms with Gasteiger partial charge in [0.15, 0.2) is 5.82 Å². The second-order valence-corrected chi connectivity index (χ2v) is 8.42. The van der Waals surface area contributed by atoms with Gasteiger partial charge in [0.05, 0.1) is 0 Å². The van der Waals surface area contributed by atoms with Crippen LogP contribution in [-0.4, -0.2) is 46.3 Å². The maximum absolute atomic E-state index is 6.16. The molecule has 0 saturated carbocycles. The number of allylic oxidation sites excluding steroid dienone is 1. The molecule has 1 aliphatic carbocycles. The summed E-state index contributed by atoms with van der Waals surface area (Å²) < 4.78 is 0. The van der Waals surface area contributed by atoms with Crippen molar-refractivity contribution in [3.63, 3.8) is 0 Å². The normalized spacial score (nSPS) is 18.5. The Morgan fingerprint density at radius 2 is 2.17 bits per heavy atom. The van der Waals surface area contributed by atoms with E-state index in [1.807, 2.05) is 19.3 Å². The first-order valence-electron chi connectivity index (χ1n) is 9.90. The SMILES string of the molecule is CNc1nnc(-c2ccc3c(c2)C(c2nccc(N4CCC[C@H](N)C4)n2)=CC3)s1. The molecule has 0 spiro atoms. The van der Waals surface area contributed by atoms with Crippen LogP contribution in [0.2, 0.25) is 0 Å². The minimum atomic E-state index is 0.213. The van der Waals surface area contributed by atoms with Crippen LogP contribution in [0.4, 0.5) is 10.9 Å². The molecule has 1 saturated heterocycles. The Bertz CT molecular complexity index is 1070. The Hall–Kier alpha value is -2.84. The van der Waals surface area contributed by atoms with Crippen LogP contribution in [0.3, 0.4) is 0 Å². The van der Waals surface area contributed by atoms with Gasteiger partial charge in [-0.3, -0.25) is 0 Å². The molecular formula is C21H23N7S. The quantitative estimate of drug-likeness (QED) is 0.689. The molecule has 0 radical (unpaired) electrons. The number of nitrogens with zero attached hydrogens (tertiary/aromatic N) is 5. The minimum Gasteiger partial charge on any atom is -0.363 e. The topological polar surface area (TPSA) is 92.9 Å². The van der Waals surface area contributed by atoms with Crippen molar-refractivity contribution in [1.82, 2.24) is 20.2 Å². The van der Waals surface area contributed by atoms with Gasteiger partial charge in [0.1, 0.15) is 10.8 Å². The predicted molar refractivity (Wildman–Crippen MR) is 117 cm³/mol. The average molecular weight is 406 g/mol. The monoisotopic (exact) mass is 405 g/mol. The molecule has 1 aromatic carbocycles. The number of benzene rings is 1. The van der Waals surface area contributed by atoms with Crippen molar-refractivity contribution in [3.05, 3.63) is 53.5 Å². The lowest BCUT2D eigenvalue weighted by molar-refractivity contribution is 0.503. The number of hydrogen-bond acceptors (Lipinski definition) is 8. The Kier molecular flexibility index (Phi) is 4.73. The molecule has 3 aromatic rings. The number of aromatic nitrogens is 4. The highest BCUT2D eigenvalue weighted by atomic mass is 32.1. The molecule has 2 aromatic heterocycles. The van der Waals surface area contributed by atoms with Crippen molar-refractivity contribution in [1.29, 1.82) is 0 Å². The van der Waals surface area contributed by atoms with E-state index in [1.165, 1.54) is 11.1 Å². The van der Waals surface area contributed by atoms with Gasteiger partial charge in [0, 0.05) is 43.5 Å². The van der Waals surface area contributed by atoms with Gasteiger partial charge in [-0.15, -0.1) is 10.2 Å². The molecule has 0 amide bonds. The summed E-state index contributed by atoms with van der Waals surface area (Å²) >= 11 is 1.55. The van der Waals surface area contributed by atoms with E-state index in [1.54, 1.807) is 11.3 Å². The van der Waals surface area contributed by atoms with E-state index in [-0.39, 0.29) is 6.04 Å². The van der Waals surface area contributed by atoms with Crippen molar-refractivity contribution in [2.24, 2.45) is 5.73 Å². The molecule has 1 aliphatic heterocycles. The van der Waals surface area contributed by atoms with Gasteiger partial charge in [-0.1, -0.05) is 29.5 Å². The molecule has 1 fully saturated rings. The first-order valence-corrected chi connectivity index (χ1v) is 10.7. The van der Waals surface area contributed by atoms with Gasteiger partial charge in [0.2, 0.25) is 5.13 Å². The highest BCUT2D eigenvalue weighted by Crippen LogP contribution is 2.36. The second kappa shape index (κ2) is 7.53. The molecule has 148 valence electrons. The smallest absolute Gasteiger partial charge is 0.205 e. The van der Waals surface area contributed by atoms with Crippen molar-refractivity contribution >= 4 is 27.9 Å². The molecule has 0 bridgehead atoms. The number of hydrogen-bond donors (Lipinski definition) is 2. The summed E-state index contributed by atoms with van der Waals surface area (Å²) in [6.45, 7) is 1.84. The molecule has 7 nitrogen and oxygen atoms in total. The Morgan fingerprint density at radius 3 is 3.00 bits per heavy atom. The van der Waals surface area contributed by atoms with Gasteiger partial charge < -0.3 is 16.0 Å². The summed E-state index contributed by atoms with van der Waals surface area (Å²) in [4.78, 5) is 11.7. The standard InChI is InChI=1S/C21H23N7S/c1-23-21-27-26-20(29-21)14-5-4-13-6-7-16(17(13)11-14)19-24-9-8-18(25-19)28-10-2-3-15(22)12-28/h4-5,7-9,11,15H,2-3,6,10,12,22H2,1H3,(H,23,27)/t15-/m0/s1. The average Bonchev–Trinajstić information content (AvgIpc) is 3.40. The largest absolute Gasteiger partial charge is 0.363 e.